The van der Waals surface area contributed by atoms with E-state index in [0.29, 0.717) is 0 Å². The van der Waals surface area contributed by atoms with E-state index in [1.54, 1.807) is 0 Å². The maximum Gasteiger partial charge on any atom is 0.151 e. The molecule has 49 valence electrons. The maximum absolute atomic E-state index is 2.45. The molecule has 0 aromatic heterocycles. The van der Waals surface area contributed by atoms with E-state index in [9.17, 15) is 0 Å². The molecule has 2 unspecified atom stereocenters. The second-order valence-corrected chi connectivity index (χ2v) is 3.23. The van der Waals surface area contributed by atoms with E-state index in [1.165, 1.54) is 19.4 Å². The zero-order chi connectivity index (χ0) is 6.27. The van der Waals surface area contributed by atoms with E-state index in [2.05, 4.69) is 24.1 Å². The Balaban J connectivity index is 2.20. The van der Waals surface area contributed by atoms with Gasteiger partial charge in [-0.1, -0.05) is 6.08 Å². The minimum absolute atomic E-state index is 0.773. The van der Waals surface area contributed by atoms with Crippen LogP contribution in [0, 0.1) is 5.92 Å². The monoisotopic (exact) mass is 123 g/mol. The van der Waals surface area contributed by atoms with Crippen LogP contribution in [0.25, 0.3) is 0 Å². The Morgan fingerprint density at radius 2 is 2.22 bits per heavy atom. The van der Waals surface area contributed by atoms with E-state index in [0.717, 1.165) is 12.0 Å². The van der Waals surface area contributed by atoms with Crippen molar-refractivity contribution in [2.24, 2.45) is 5.92 Å². The van der Waals surface area contributed by atoms with Crippen molar-refractivity contribution in [1.29, 1.82) is 0 Å². The molecular formula is C8H13N+. The molecule has 1 aliphatic carbocycles. The smallest absolute Gasteiger partial charge is 0.151 e. The number of hydrogen-bond donors (Lipinski definition) is 0. The summed E-state index contributed by atoms with van der Waals surface area (Å²) in [6.45, 7) is 1.29. The van der Waals surface area contributed by atoms with Gasteiger partial charge in [0.25, 0.3) is 0 Å². The number of likely N-dealkylation sites (N-methyl/N-ethyl adjacent to an activating group) is 1. The van der Waals surface area contributed by atoms with E-state index in [1.807, 2.05) is 0 Å². The fraction of sp³-hybridized carbons (Fsp3) is 0.750. The molecule has 0 spiro atoms. The molecule has 9 heavy (non-hydrogen) atoms. The molecule has 2 heterocycles. The predicted molar refractivity (Wildman–Crippen MR) is 38.6 cm³/mol. The maximum atomic E-state index is 2.45. The molecule has 0 amide bonds. The highest BCUT2D eigenvalue weighted by Gasteiger charge is 2.34. The molecule has 1 radical (unpaired) electrons. The Bertz CT molecular complexity index is 140. The molecular weight excluding hydrogens is 110 g/mol. The molecule has 0 saturated carbocycles. The second-order valence-electron chi connectivity index (χ2n) is 3.23. The molecule has 0 N–H and O–H groups in total. The van der Waals surface area contributed by atoms with Gasteiger partial charge in [-0.15, -0.1) is 0 Å². The Labute approximate surface area is 56.4 Å². The standard InChI is InChI=1S/C8H13N/c1-9-6-7-2-4-8(9)5-3-7/h2,4,7-8H,3,5-6H2,1H3/q+1. The summed E-state index contributed by atoms with van der Waals surface area (Å²) in [5, 5.41) is 0. The van der Waals surface area contributed by atoms with Gasteiger partial charge in [-0.25, -0.2) is 0 Å². The van der Waals surface area contributed by atoms with Crippen LogP contribution < -0.4 is 4.90 Å². The van der Waals surface area contributed by atoms with Gasteiger partial charge < -0.3 is 0 Å². The average molecular weight is 123 g/mol. The number of hydrogen-bond acceptors (Lipinski definition) is 1. The fourth-order valence-corrected chi connectivity index (χ4v) is 1.89. The number of rotatable bonds is 0. The van der Waals surface area contributed by atoms with E-state index >= 15 is 0 Å². The zero-order valence-electron chi connectivity index (χ0n) is 5.88. The molecule has 1 heteroatoms. The highest BCUT2D eigenvalue weighted by Crippen LogP contribution is 2.25. The zero-order valence-corrected chi connectivity index (χ0v) is 5.88. The lowest BCUT2D eigenvalue weighted by atomic mass is 9.87. The van der Waals surface area contributed by atoms with E-state index in [-0.39, 0.29) is 0 Å². The summed E-state index contributed by atoms with van der Waals surface area (Å²) in [6, 6.07) is 0.773. The third kappa shape index (κ3) is 0.799. The normalized spacial score (nSPS) is 41.9. The van der Waals surface area contributed by atoms with Crippen molar-refractivity contribution >= 4 is 0 Å². The van der Waals surface area contributed by atoms with Crippen molar-refractivity contribution < 1.29 is 0 Å². The van der Waals surface area contributed by atoms with Crippen molar-refractivity contribution in [2.75, 3.05) is 13.6 Å². The predicted octanol–water partition coefficient (Wildman–Crippen LogP) is 1.10. The van der Waals surface area contributed by atoms with Crippen molar-refractivity contribution in [3.05, 3.63) is 12.2 Å². The lowest BCUT2D eigenvalue weighted by Gasteiger charge is -2.30. The third-order valence-electron chi connectivity index (χ3n) is 2.53. The summed E-state index contributed by atoms with van der Waals surface area (Å²) in [5.74, 6) is 0.875. The minimum atomic E-state index is 0.773. The van der Waals surface area contributed by atoms with Crippen LogP contribution in [0.3, 0.4) is 0 Å². The summed E-state index contributed by atoms with van der Waals surface area (Å²) < 4.78 is 0. The van der Waals surface area contributed by atoms with Crippen molar-refractivity contribution in [3.8, 4) is 0 Å². The highest BCUT2D eigenvalue weighted by molar-refractivity contribution is 5.09. The van der Waals surface area contributed by atoms with Crippen LogP contribution in [-0.4, -0.2) is 19.6 Å². The molecule has 1 fully saturated rings. The van der Waals surface area contributed by atoms with Gasteiger partial charge in [0.05, 0.1) is 0 Å². The van der Waals surface area contributed by atoms with Crippen molar-refractivity contribution in [2.45, 2.75) is 18.9 Å². The fourth-order valence-electron chi connectivity index (χ4n) is 1.89. The van der Waals surface area contributed by atoms with Crippen LogP contribution in [0.4, 0.5) is 0 Å². The Morgan fingerprint density at radius 1 is 1.33 bits per heavy atom. The molecule has 2 bridgehead atoms. The summed E-state index contributed by atoms with van der Waals surface area (Å²) in [6.07, 6.45) is 7.55. The Morgan fingerprint density at radius 3 is 2.44 bits per heavy atom. The van der Waals surface area contributed by atoms with Crippen LogP contribution >= 0.6 is 0 Å². The lowest BCUT2D eigenvalue weighted by molar-refractivity contribution is 0.263. The van der Waals surface area contributed by atoms with Crippen LogP contribution in [-0.2, 0) is 0 Å². The van der Waals surface area contributed by atoms with Gasteiger partial charge in [0.2, 0.25) is 0 Å². The van der Waals surface area contributed by atoms with Crippen molar-refractivity contribution in [1.82, 2.24) is 4.90 Å². The third-order valence-corrected chi connectivity index (χ3v) is 2.53. The lowest BCUT2D eigenvalue weighted by Crippen LogP contribution is -2.46. The SMILES string of the molecule is C[N+]1CC2C=CC1CC2. The molecule has 0 aromatic rings. The molecule has 2 aliphatic heterocycles. The summed E-state index contributed by atoms with van der Waals surface area (Å²) >= 11 is 0. The highest BCUT2D eigenvalue weighted by atomic mass is 15.1. The Hall–Kier alpha value is -0.300. The minimum Gasteiger partial charge on any atom is -0.166 e. The second kappa shape index (κ2) is 1.84. The molecule has 1 nitrogen and oxygen atoms in total. The van der Waals surface area contributed by atoms with E-state index < -0.39 is 0 Å². The number of fused-ring (bicyclic) bond motifs is 2. The summed E-state index contributed by atoms with van der Waals surface area (Å²) in [4.78, 5) is 2.45. The first kappa shape index (κ1) is 5.48. The van der Waals surface area contributed by atoms with Gasteiger partial charge in [0, 0.05) is 12.3 Å². The van der Waals surface area contributed by atoms with Gasteiger partial charge in [-0.2, -0.15) is 4.90 Å². The van der Waals surface area contributed by atoms with Gasteiger partial charge in [0.15, 0.2) is 6.04 Å². The van der Waals surface area contributed by atoms with Crippen LogP contribution in [0.2, 0.25) is 0 Å². The van der Waals surface area contributed by atoms with Crippen LogP contribution in [0.5, 0.6) is 0 Å². The quantitative estimate of drug-likeness (QED) is 0.336. The molecule has 2 atom stereocenters. The topological polar surface area (TPSA) is 5.90 Å². The summed E-state index contributed by atoms with van der Waals surface area (Å²) in [5.41, 5.74) is 0. The largest absolute Gasteiger partial charge is 0.166 e. The molecule has 3 rings (SSSR count). The first-order valence-electron chi connectivity index (χ1n) is 3.75. The van der Waals surface area contributed by atoms with E-state index in [4.69, 9.17) is 0 Å². The van der Waals surface area contributed by atoms with Crippen LogP contribution in [0.1, 0.15) is 12.8 Å². The van der Waals surface area contributed by atoms with Gasteiger partial charge >= 0.3 is 0 Å². The van der Waals surface area contributed by atoms with Gasteiger partial charge in [0.1, 0.15) is 13.6 Å². The number of piperidine rings is 1. The molecule has 0 aromatic carbocycles. The molecule has 3 aliphatic rings. The molecule has 1 saturated heterocycles. The van der Waals surface area contributed by atoms with Gasteiger partial charge in [-0.3, -0.25) is 0 Å². The van der Waals surface area contributed by atoms with Crippen LogP contribution in [0.15, 0.2) is 12.2 Å². The van der Waals surface area contributed by atoms with Gasteiger partial charge in [-0.05, 0) is 12.5 Å². The number of nitrogens with zero attached hydrogens (tertiary/aromatic N) is 1. The first-order chi connectivity index (χ1) is 4.36. The van der Waals surface area contributed by atoms with Crippen molar-refractivity contribution in [3.63, 3.8) is 0 Å². The first-order valence-corrected chi connectivity index (χ1v) is 3.75. The summed E-state index contributed by atoms with van der Waals surface area (Å²) in [7, 11) is 2.22. The average Bonchev–Trinajstić information content (AvgIpc) is 1.90. The Kier molecular flexibility index (Phi) is 1.12.